The van der Waals surface area contributed by atoms with Crippen LogP contribution in [-0.4, -0.2) is 10.5 Å². The van der Waals surface area contributed by atoms with Gasteiger partial charge in [-0.3, -0.25) is 0 Å². The lowest BCUT2D eigenvalue weighted by atomic mass is 10.1. The molecule has 0 unspecified atom stereocenters. The number of benzene rings is 1. The molecule has 0 saturated heterocycles. The summed E-state index contributed by atoms with van der Waals surface area (Å²) < 4.78 is 19.1. The van der Waals surface area contributed by atoms with E-state index in [0.717, 1.165) is 10.7 Å². The maximum absolute atomic E-state index is 13.7. The van der Waals surface area contributed by atoms with Crippen molar-refractivity contribution in [3.63, 3.8) is 0 Å². The number of nitrogens with one attached hydrogen (secondary N) is 1. The van der Waals surface area contributed by atoms with E-state index in [1.165, 1.54) is 6.07 Å². The summed E-state index contributed by atoms with van der Waals surface area (Å²) >= 11 is 7.27. The van der Waals surface area contributed by atoms with Gasteiger partial charge in [0.1, 0.15) is 11.6 Å². The van der Waals surface area contributed by atoms with Gasteiger partial charge in [0, 0.05) is 17.5 Å². The summed E-state index contributed by atoms with van der Waals surface area (Å²) in [5.41, 5.74) is 0.830. The maximum atomic E-state index is 13.7. The van der Waals surface area contributed by atoms with Gasteiger partial charge in [-0.25, -0.2) is 9.37 Å². The van der Waals surface area contributed by atoms with Gasteiger partial charge in [0.05, 0.1) is 10.7 Å². The average Bonchev–Trinajstić information content (AvgIpc) is 2.85. The number of ether oxygens (including phenoxy) is 1. The Balaban J connectivity index is 1.92. The molecule has 0 saturated carbocycles. The van der Waals surface area contributed by atoms with Crippen LogP contribution in [0.2, 0.25) is 5.02 Å². The molecule has 2 aromatic rings. The number of nitrogens with zero attached hydrogens (tertiary/aromatic N) is 1. The predicted molar refractivity (Wildman–Crippen MR) is 84.4 cm³/mol. The van der Waals surface area contributed by atoms with Gasteiger partial charge in [0.25, 0.3) is 0 Å². The molecule has 6 heteroatoms. The Morgan fingerprint density at radius 3 is 2.86 bits per heavy atom. The zero-order valence-corrected chi connectivity index (χ0v) is 13.8. The monoisotopic (exact) mass is 328 g/mol. The summed E-state index contributed by atoms with van der Waals surface area (Å²) in [5.74, 6) is -0.395. The molecule has 3 nitrogen and oxygen atoms in total. The molecule has 114 valence electrons. The summed E-state index contributed by atoms with van der Waals surface area (Å²) in [7, 11) is 0. The normalized spacial score (nSPS) is 11.7. The molecule has 1 aromatic heterocycles. The second-order valence-corrected chi connectivity index (χ2v) is 7.03. The van der Waals surface area contributed by atoms with Gasteiger partial charge in [-0.1, -0.05) is 17.7 Å². The molecule has 0 radical (unpaired) electrons. The van der Waals surface area contributed by atoms with Crippen molar-refractivity contribution < 1.29 is 9.13 Å². The van der Waals surface area contributed by atoms with Gasteiger partial charge in [-0.2, -0.15) is 0 Å². The van der Waals surface area contributed by atoms with E-state index in [1.807, 2.05) is 5.38 Å². The van der Waals surface area contributed by atoms with Crippen molar-refractivity contribution in [2.24, 2.45) is 0 Å². The number of hydrogen-bond acceptors (Lipinski definition) is 4. The summed E-state index contributed by atoms with van der Waals surface area (Å²) in [5, 5.41) is 6.33. The number of halogens is 2. The second-order valence-electron chi connectivity index (χ2n) is 5.68. The van der Waals surface area contributed by atoms with Crippen LogP contribution in [0.3, 0.4) is 0 Å². The average molecular weight is 329 g/mol. The van der Waals surface area contributed by atoms with Crippen molar-refractivity contribution in [2.75, 3.05) is 0 Å². The number of thiazole rings is 1. The molecule has 0 spiro atoms. The fourth-order valence-corrected chi connectivity index (χ4v) is 2.47. The van der Waals surface area contributed by atoms with Gasteiger partial charge in [0.2, 0.25) is 0 Å². The van der Waals surface area contributed by atoms with Gasteiger partial charge >= 0.3 is 0 Å². The van der Waals surface area contributed by atoms with Crippen molar-refractivity contribution in [1.82, 2.24) is 10.3 Å². The third kappa shape index (κ3) is 4.95. The standard InChI is InChI=1S/C15H18ClFN2OS/c1-15(2,3)18-7-13-19-10(9-21-13)8-20-12-6-4-5-11(16)14(12)17/h4-6,9,18H,7-8H2,1-3H3. The molecule has 0 aliphatic carbocycles. The molecule has 2 rings (SSSR count). The van der Waals surface area contributed by atoms with Crippen LogP contribution in [0.1, 0.15) is 31.5 Å². The first kappa shape index (κ1) is 16.2. The van der Waals surface area contributed by atoms with E-state index in [2.05, 4.69) is 31.1 Å². The molecule has 0 aliphatic heterocycles. The maximum Gasteiger partial charge on any atom is 0.183 e. The first-order chi connectivity index (χ1) is 9.85. The lowest BCUT2D eigenvalue weighted by molar-refractivity contribution is 0.286. The van der Waals surface area contributed by atoms with Gasteiger partial charge in [-0.05, 0) is 32.9 Å². The van der Waals surface area contributed by atoms with Crippen LogP contribution in [0.25, 0.3) is 0 Å². The molecular weight excluding hydrogens is 311 g/mol. The van der Waals surface area contributed by atoms with E-state index < -0.39 is 5.82 Å². The largest absolute Gasteiger partial charge is 0.484 e. The Kier molecular flexibility index (Phi) is 5.19. The summed E-state index contributed by atoms with van der Waals surface area (Å²) in [4.78, 5) is 4.46. The van der Waals surface area contributed by atoms with Crippen LogP contribution in [-0.2, 0) is 13.2 Å². The van der Waals surface area contributed by atoms with Gasteiger partial charge in [0.15, 0.2) is 11.6 Å². The molecule has 0 bridgehead atoms. The second kappa shape index (κ2) is 6.73. The van der Waals surface area contributed by atoms with E-state index >= 15 is 0 Å². The molecule has 0 amide bonds. The zero-order chi connectivity index (χ0) is 15.5. The highest BCUT2D eigenvalue weighted by atomic mass is 35.5. The fourth-order valence-electron chi connectivity index (χ4n) is 1.58. The van der Waals surface area contributed by atoms with Crippen molar-refractivity contribution in [1.29, 1.82) is 0 Å². The lowest BCUT2D eigenvalue weighted by Gasteiger charge is -2.19. The molecule has 0 atom stereocenters. The van der Waals surface area contributed by atoms with Crippen molar-refractivity contribution >= 4 is 22.9 Å². The Labute approximate surface area is 133 Å². The molecule has 1 heterocycles. The zero-order valence-electron chi connectivity index (χ0n) is 12.2. The van der Waals surface area contributed by atoms with E-state index in [9.17, 15) is 4.39 Å². The highest BCUT2D eigenvalue weighted by Gasteiger charge is 2.11. The van der Waals surface area contributed by atoms with Crippen molar-refractivity contribution in [3.05, 3.63) is 45.1 Å². The first-order valence-corrected chi connectivity index (χ1v) is 7.86. The number of aromatic nitrogens is 1. The van der Waals surface area contributed by atoms with Crippen LogP contribution in [0.15, 0.2) is 23.6 Å². The third-order valence-corrected chi connectivity index (χ3v) is 3.85. The highest BCUT2D eigenvalue weighted by molar-refractivity contribution is 7.09. The third-order valence-electron chi connectivity index (χ3n) is 2.66. The molecular formula is C15H18ClFN2OS. The van der Waals surface area contributed by atoms with E-state index in [-0.39, 0.29) is 22.9 Å². The molecule has 0 aliphatic rings. The van der Waals surface area contributed by atoms with Crippen LogP contribution < -0.4 is 10.1 Å². The summed E-state index contributed by atoms with van der Waals surface area (Å²) in [6.45, 7) is 7.24. The van der Waals surface area contributed by atoms with Crippen molar-refractivity contribution in [3.8, 4) is 5.75 Å². The predicted octanol–water partition coefficient (Wildman–Crippen LogP) is 4.40. The summed E-state index contributed by atoms with van der Waals surface area (Å²) in [6.07, 6.45) is 0. The Hall–Kier alpha value is -1.17. The Bertz CT molecular complexity index is 610. The van der Waals surface area contributed by atoms with Crippen LogP contribution >= 0.6 is 22.9 Å². The molecule has 21 heavy (non-hydrogen) atoms. The van der Waals surface area contributed by atoms with Crippen LogP contribution in [0, 0.1) is 5.82 Å². The molecule has 1 N–H and O–H groups in total. The molecule has 0 fully saturated rings. The number of hydrogen-bond donors (Lipinski definition) is 1. The minimum atomic E-state index is -0.538. The van der Waals surface area contributed by atoms with E-state index in [0.29, 0.717) is 6.54 Å². The first-order valence-electron chi connectivity index (χ1n) is 6.60. The smallest absolute Gasteiger partial charge is 0.183 e. The minimum absolute atomic E-state index is 0.0479. The van der Waals surface area contributed by atoms with Crippen LogP contribution in [0.4, 0.5) is 4.39 Å². The highest BCUT2D eigenvalue weighted by Crippen LogP contribution is 2.25. The SMILES string of the molecule is CC(C)(C)NCc1nc(COc2cccc(Cl)c2F)cs1. The van der Waals surface area contributed by atoms with Crippen LogP contribution in [0.5, 0.6) is 5.75 Å². The Morgan fingerprint density at radius 2 is 2.14 bits per heavy atom. The topological polar surface area (TPSA) is 34.2 Å². The number of rotatable bonds is 5. The van der Waals surface area contributed by atoms with Gasteiger partial charge in [-0.15, -0.1) is 11.3 Å². The quantitative estimate of drug-likeness (QED) is 0.883. The lowest BCUT2D eigenvalue weighted by Crippen LogP contribution is -2.35. The minimum Gasteiger partial charge on any atom is -0.484 e. The van der Waals surface area contributed by atoms with Gasteiger partial charge < -0.3 is 10.1 Å². The van der Waals surface area contributed by atoms with E-state index in [4.69, 9.17) is 16.3 Å². The Morgan fingerprint density at radius 1 is 1.38 bits per heavy atom. The van der Waals surface area contributed by atoms with Crippen molar-refractivity contribution in [2.45, 2.75) is 39.5 Å². The fraction of sp³-hybridized carbons (Fsp3) is 0.400. The summed E-state index contributed by atoms with van der Waals surface area (Å²) in [6, 6.07) is 4.69. The molecule has 1 aromatic carbocycles. The van der Waals surface area contributed by atoms with E-state index in [1.54, 1.807) is 23.5 Å².